The lowest BCUT2D eigenvalue weighted by Gasteiger charge is -2.54. The summed E-state index contributed by atoms with van der Waals surface area (Å²) in [5.74, 6) is -8.72. The van der Waals surface area contributed by atoms with Gasteiger partial charge in [0.2, 0.25) is 11.6 Å². The molecule has 6 aliphatic heterocycles. The molecule has 2 aliphatic carbocycles. The van der Waals surface area contributed by atoms with Crippen molar-refractivity contribution in [3.05, 3.63) is 0 Å². The van der Waals surface area contributed by atoms with E-state index in [1.165, 1.54) is 13.8 Å². The number of carbonyl (C=O) groups excluding carboxylic acids is 4. The van der Waals surface area contributed by atoms with E-state index in [2.05, 4.69) is 0 Å². The summed E-state index contributed by atoms with van der Waals surface area (Å²) in [5.41, 5.74) is -9.73. The first kappa shape index (κ1) is 26.7. The minimum atomic E-state index is -2.42. The lowest BCUT2D eigenvalue weighted by Crippen LogP contribution is -2.75. The van der Waals surface area contributed by atoms with Crippen molar-refractivity contribution < 1.29 is 58.2 Å². The largest absolute Gasteiger partial charge is 0.456 e. The van der Waals surface area contributed by atoms with Crippen LogP contribution in [0.1, 0.15) is 66.7 Å². The predicted molar refractivity (Wildman–Crippen MR) is 131 cm³/mol. The first-order chi connectivity index (χ1) is 18.9. The summed E-state index contributed by atoms with van der Waals surface area (Å²) in [7, 11) is 0. The molecule has 12 heteroatoms. The van der Waals surface area contributed by atoms with Crippen molar-refractivity contribution in [3.63, 3.8) is 0 Å². The molecule has 2 bridgehead atoms. The summed E-state index contributed by atoms with van der Waals surface area (Å²) < 4.78 is 31.3. The molecular formula is C29H36O12. The Bertz CT molecular complexity index is 1340. The number of hydrogen-bond donors (Lipinski definition) is 3. The van der Waals surface area contributed by atoms with Crippen molar-refractivity contribution in [1.29, 1.82) is 0 Å². The average molecular weight is 577 g/mol. The van der Waals surface area contributed by atoms with Crippen LogP contribution in [0.3, 0.4) is 0 Å². The van der Waals surface area contributed by atoms with Crippen molar-refractivity contribution >= 4 is 23.5 Å². The van der Waals surface area contributed by atoms with Gasteiger partial charge in [0.1, 0.15) is 23.4 Å². The smallest absolute Gasteiger partial charge is 0.311 e. The van der Waals surface area contributed by atoms with Gasteiger partial charge in [-0.3, -0.25) is 19.2 Å². The fourth-order valence-corrected chi connectivity index (χ4v) is 10.8. The predicted octanol–water partition coefficient (Wildman–Crippen LogP) is -0.288. The van der Waals surface area contributed by atoms with Crippen LogP contribution in [-0.2, 0) is 42.9 Å². The number of Topliss-reactive ketones (excluding diaryl/α,β-unsaturated/α-hetero) is 2. The maximum Gasteiger partial charge on any atom is 0.311 e. The van der Waals surface area contributed by atoms with Crippen LogP contribution in [0.4, 0.5) is 0 Å². The molecule has 6 heterocycles. The summed E-state index contributed by atoms with van der Waals surface area (Å²) in [6.45, 7) is 8.05. The lowest BCUT2D eigenvalue weighted by atomic mass is 9.59. The minimum absolute atomic E-state index is 0.0218. The highest BCUT2D eigenvalue weighted by Crippen LogP contribution is 2.72. The number of carbonyl (C=O) groups is 4. The zero-order valence-electron chi connectivity index (χ0n) is 23.7. The number of ether oxygens (including phenoxy) is 5. The number of aliphatic hydroxyl groups is 3. The third kappa shape index (κ3) is 2.56. The van der Waals surface area contributed by atoms with E-state index >= 15 is 0 Å². The second-order valence-electron chi connectivity index (χ2n) is 14.9. The van der Waals surface area contributed by atoms with Crippen LogP contribution in [-0.4, -0.2) is 97.0 Å². The van der Waals surface area contributed by atoms with Crippen LogP contribution in [0, 0.1) is 29.1 Å². The number of rotatable bonds is 0. The first-order valence-electron chi connectivity index (χ1n) is 14.6. The van der Waals surface area contributed by atoms with Gasteiger partial charge in [-0.15, -0.1) is 0 Å². The third-order valence-corrected chi connectivity index (χ3v) is 12.5. The van der Waals surface area contributed by atoms with Crippen LogP contribution in [0.5, 0.6) is 0 Å². The Balaban J connectivity index is 1.35. The maximum absolute atomic E-state index is 14.8. The molecule has 12 nitrogen and oxygen atoms in total. The standard InChI is InChI=1S/C29H36O12/c1-11-17-19(37-20(11)33)28(36)21-24(4,22(34)25(28,5)35)6-7-26-10-27-13(23(2,3)38-14(27)9-15(31)39-27)8-12(30)16(26)18(32)29(21,40-17)41-26/h11-14,16-17,19,21,30,35-36H,6-10H2,1-5H3/t11-,12+,13-,14+,16-,17+,19-,21+,24-,25-,26+,27+,28-,29-/m0/s1. The molecule has 2 saturated carbocycles. The summed E-state index contributed by atoms with van der Waals surface area (Å²) in [5, 5.41) is 36.0. The summed E-state index contributed by atoms with van der Waals surface area (Å²) in [4.78, 5) is 54.4. The topological polar surface area (TPSA) is 175 Å². The molecule has 8 aliphatic rings. The Morgan fingerprint density at radius 3 is 2.39 bits per heavy atom. The molecule has 41 heavy (non-hydrogen) atoms. The number of aliphatic hydroxyl groups excluding tert-OH is 1. The van der Waals surface area contributed by atoms with Crippen LogP contribution >= 0.6 is 0 Å². The molecule has 3 N–H and O–H groups in total. The Hall–Kier alpha value is -1.96. The molecule has 0 aromatic rings. The molecule has 8 rings (SSSR count). The third-order valence-electron chi connectivity index (χ3n) is 12.5. The monoisotopic (exact) mass is 576 g/mol. The van der Waals surface area contributed by atoms with Crippen LogP contribution in [0.25, 0.3) is 0 Å². The van der Waals surface area contributed by atoms with Gasteiger partial charge in [-0.05, 0) is 47.0 Å². The summed E-state index contributed by atoms with van der Waals surface area (Å²) in [6, 6.07) is 0. The van der Waals surface area contributed by atoms with Crippen LogP contribution in [0.2, 0.25) is 0 Å². The van der Waals surface area contributed by atoms with E-state index in [9.17, 15) is 34.5 Å². The lowest BCUT2D eigenvalue weighted by molar-refractivity contribution is -0.370. The van der Waals surface area contributed by atoms with Gasteiger partial charge in [-0.2, -0.15) is 0 Å². The van der Waals surface area contributed by atoms with E-state index in [0.29, 0.717) is 0 Å². The highest BCUT2D eigenvalue weighted by molar-refractivity contribution is 6.01. The van der Waals surface area contributed by atoms with E-state index < -0.39 is 111 Å². The Kier molecular flexibility index (Phi) is 4.58. The summed E-state index contributed by atoms with van der Waals surface area (Å²) >= 11 is 0. The van der Waals surface area contributed by atoms with Gasteiger partial charge < -0.3 is 39.0 Å². The number of fused-ring (bicyclic) bond motifs is 2. The molecule has 224 valence electrons. The van der Waals surface area contributed by atoms with Crippen LogP contribution < -0.4 is 0 Å². The fourth-order valence-electron chi connectivity index (χ4n) is 10.8. The van der Waals surface area contributed by atoms with Gasteiger partial charge in [-0.1, -0.05) is 6.92 Å². The number of ketones is 2. The highest BCUT2D eigenvalue weighted by Gasteiger charge is 2.90. The molecule has 0 amide bonds. The minimum Gasteiger partial charge on any atom is -0.456 e. The normalized spacial score (nSPS) is 61.3. The molecule has 14 atom stereocenters. The Morgan fingerprint density at radius 1 is 0.976 bits per heavy atom. The van der Waals surface area contributed by atoms with Crippen molar-refractivity contribution in [2.75, 3.05) is 0 Å². The first-order valence-corrected chi connectivity index (χ1v) is 14.6. The van der Waals surface area contributed by atoms with E-state index in [-0.39, 0.29) is 32.1 Å². The van der Waals surface area contributed by atoms with E-state index in [0.717, 1.165) is 0 Å². The van der Waals surface area contributed by atoms with Gasteiger partial charge in [0, 0.05) is 17.8 Å². The zero-order chi connectivity index (χ0) is 29.5. The molecule has 0 radical (unpaired) electrons. The van der Waals surface area contributed by atoms with Gasteiger partial charge in [0.05, 0.1) is 41.5 Å². The molecule has 3 spiro atoms. The molecule has 0 unspecified atom stereocenters. The van der Waals surface area contributed by atoms with Crippen LogP contribution in [0.15, 0.2) is 0 Å². The zero-order valence-corrected chi connectivity index (χ0v) is 23.7. The van der Waals surface area contributed by atoms with Gasteiger partial charge in [-0.25, -0.2) is 0 Å². The van der Waals surface area contributed by atoms with Crippen molar-refractivity contribution in [1.82, 2.24) is 0 Å². The highest BCUT2D eigenvalue weighted by atomic mass is 16.7. The molecular weight excluding hydrogens is 540 g/mol. The Morgan fingerprint density at radius 2 is 1.68 bits per heavy atom. The Labute approximate surface area is 236 Å². The molecule has 6 saturated heterocycles. The van der Waals surface area contributed by atoms with Crippen molar-refractivity contribution in [2.45, 2.75) is 125 Å². The average Bonchev–Trinajstić information content (AvgIpc) is 3.44. The second kappa shape index (κ2) is 7.05. The van der Waals surface area contributed by atoms with E-state index in [1.807, 2.05) is 13.8 Å². The van der Waals surface area contributed by atoms with Gasteiger partial charge in [0.15, 0.2) is 17.5 Å². The number of esters is 2. The molecule has 0 aromatic carbocycles. The fraction of sp³-hybridized carbons (Fsp3) is 0.862. The summed E-state index contributed by atoms with van der Waals surface area (Å²) in [6.07, 6.45) is -4.22. The second-order valence-corrected chi connectivity index (χ2v) is 14.9. The van der Waals surface area contributed by atoms with Gasteiger partial charge >= 0.3 is 11.9 Å². The van der Waals surface area contributed by atoms with Crippen molar-refractivity contribution in [3.8, 4) is 0 Å². The van der Waals surface area contributed by atoms with Gasteiger partial charge in [0.25, 0.3) is 0 Å². The molecule has 0 aromatic heterocycles. The quantitative estimate of drug-likeness (QED) is 0.322. The maximum atomic E-state index is 14.8. The number of hydrogen-bond acceptors (Lipinski definition) is 12. The van der Waals surface area contributed by atoms with Crippen molar-refractivity contribution in [2.24, 2.45) is 29.1 Å². The van der Waals surface area contributed by atoms with E-state index in [4.69, 9.17) is 23.7 Å². The SMILES string of the molecule is C[C@@H]1C(=O)O[C@H]2[C@@H]1O[C@@]13O[C@]4(CC[C@]5(C)C(=O)[C@](C)(O)[C@@]2(O)[C@H]15)C[C@]12OC(=O)C[C@H]1OC(C)(C)[C@@H]2C[C@@H](O)[C@H]4C3=O. The molecule has 8 fully saturated rings. The van der Waals surface area contributed by atoms with E-state index in [1.54, 1.807) is 6.92 Å².